The molecule has 0 unspecified atom stereocenters. The second kappa shape index (κ2) is 7.00. The van der Waals surface area contributed by atoms with Crippen LogP contribution in [0.15, 0.2) is 54.7 Å². The molecule has 1 amide bonds. The lowest BCUT2D eigenvalue weighted by Gasteiger charge is -2.07. The summed E-state index contributed by atoms with van der Waals surface area (Å²) in [6.45, 7) is 0. The van der Waals surface area contributed by atoms with Crippen LogP contribution < -0.4 is 10.4 Å². The van der Waals surface area contributed by atoms with Crippen molar-refractivity contribution in [3.05, 3.63) is 65.9 Å². The third-order valence-electron chi connectivity index (χ3n) is 3.93. The second-order valence-electron chi connectivity index (χ2n) is 5.63. The molecule has 0 saturated heterocycles. The number of carboxylic acid groups (broad SMARTS) is 1. The fourth-order valence-electron chi connectivity index (χ4n) is 2.69. The van der Waals surface area contributed by atoms with Crippen LogP contribution in [0.5, 0.6) is 0 Å². The van der Waals surface area contributed by atoms with Crippen molar-refractivity contribution in [3.8, 4) is 0 Å². The predicted molar refractivity (Wildman–Crippen MR) is 90.6 cm³/mol. The minimum absolute atomic E-state index is 0.0870. The number of aromatic carboxylic acids is 1. The number of aryl methyl sites for hydroxylation is 1. The van der Waals surface area contributed by atoms with Gasteiger partial charge in [0.1, 0.15) is 0 Å². The molecule has 1 aromatic heterocycles. The number of carbonyl (C=O) groups excluding carboxylic acids is 2. The van der Waals surface area contributed by atoms with Crippen LogP contribution in [0.1, 0.15) is 28.8 Å². The second-order valence-corrected chi connectivity index (χ2v) is 5.63. The molecule has 2 N–H and O–H groups in total. The number of benzene rings is 2. The number of anilines is 1. The molecule has 0 aliphatic carbocycles. The summed E-state index contributed by atoms with van der Waals surface area (Å²) in [5.74, 6) is -1.32. The summed E-state index contributed by atoms with van der Waals surface area (Å²) in [5.41, 5.74) is 2.98. The monoisotopic (exact) mass is 321 g/mol. The molecule has 3 aromatic rings. The van der Waals surface area contributed by atoms with Crippen LogP contribution in [0.25, 0.3) is 10.9 Å². The highest BCUT2D eigenvalue weighted by molar-refractivity contribution is 5.92. The van der Waals surface area contributed by atoms with Crippen molar-refractivity contribution in [2.45, 2.75) is 19.3 Å². The van der Waals surface area contributed by atoms with Crippen molar-refractivity contribution in [1.29, 1.82) is 0 Å². The highest BCUT2D eigenvalue weighted by atomic mass is 16.4. The number of hydrogen-bond donors (Lipinski definition) is 2. The fourth-order valence-corrected chi connectivity index (χ4v) is 2.69. The van der Waals surface area contributed by atoms with Crippen LogP contribution in [-0.2, 0) is 11.2 Å². The maximum absolute atomic E-state index is 12.0. The molecule has 0 aliphatic heterocycles. The zero-order valence-electron chi connectivity index (χ0n) is 13.0. The van der Waals surface area contributed by atoms with Gasteiger partial charge in [-0.2, -0.15) is 0 Å². The maximum atomic E-state index is 12.0. The van der Waals surface area contributed by atoms with Crippen LogP contribution in [-0.4, -0.2) is 16.9 Å². The lowest BCUT2D eigenvalue weighted by atomic mass is 10.1. The molecule has 2 aromatic carbocycles. The predicted octanol–water partition coefficient (Wildman–Crippen LogP) is 2.49. The number of fused-ring (bicyclic) bond motifs is 1. The Labute approximate surface area is 139 Å². The molecule has 122 valence electrons. The van der Waals surface area contributed by atoms with E-state index in [1.165, 1.54) is 23.1 Å². The highest BCUT2D eigenvalue weighted by Gasteiger charge is 2.06. The molecular formula is C19H17N2O3-. The van der Waals surface area contributed by atoms with Crippen molar-refractivity contribution < 1.29 is 14.7 Å². The standard InChI is InChI=1S/C19H18N2O3/c22-18(21-15-10-8-13(9-11-15)19(23)24)7-3-4-14-12-20-17-6-2-1-5-16(14)17/h1-2,5-6,8-12,20H,3-4,7H2,(H,21,22)(H,23,24)/p-1. The van der Waals surface area contributed by atoms with Crippen LogP contribution >= 0.6 is 0 Å². The van der Waals surface area contributed by atoms with E-state index in [1.54, 1.807) is 12.1 Å². The van der Waals surface area contributed by atoms with E-state index in [0.717, 1.165) is 18.4 Å². The Balaban J connectivity index is 1.51. The number of amides is 1. The molecule has 0 spiro atoms. The number of carboxylic acids is 1. The summed E-state index contributed by atoms with van der Waals surface area (Å²) in [6, 6.07) is 14.0. The first-order chi connectivity index (χ1) is 11.6. The van der Waals surface area contributed by atoms with Gasteiger partial charge in [0, 0.05) is 29.2 Å². The van der Waals surface area contributed by atoms with Gasteiger partial charge in [0.2, 0.25) is 5.91 Å². The van der Waals surface area contributed by atoms with Gasteiger partial charge in [-0.05, 0) is 42.2 Å². The SMILES string of the molecule is O=C(CCCc1c[nH]c2ccccc12)Nc1ccc(C(=O)[O-])cc1. The van der Waals surface area contributed by atoms with E-state index in [1.807, 2.05) is 24.4 Å². The number of aromatic nitrogens is 1. The minimum Gasteiger partial charge on any atom is -0.545 e. The first-order valence-electron chi connectivity index (χ1n) is 7.80. The molecule has 0 bridgehead atoms. The molecule has 0 saturated carbocycles. The Morgan fingerprint density at radius 2 is 1.79 bits per heavy atom. The van der Waals surface area contributed by atoms with Crippen LogP contribution in [0.3, 0.4) is 0 Å². The van der Waals surface area contributed by atoms with Crippen molar-refractivity contribution >= 4 is 28.5 Å². The van der Waals surface area contributed by atoms with E-state index in [4.69, 9.17) is 0 Å². The quantitative estimate of drug-likeness (QED) is 0.731. The summed E-state index contributed by atoms with van der Waals surface area (Å²) in [7, 11) is 0. The summed E-state index contributed by atoms with van der Waals surface area (Å²) in [5, 5.41) is 14.6. The molecule has 3 rings (SSSR count). The van der Waals surface area contributed by atoms with Gasteiger partial charge in [-0.1, -0.05) is 30.3 Å². The Kier molecular flexibility index (Phi) is 4.61. The number of carbonyl (C=O) groups is 2. The average Bonchev–Trinajstić information content (AvgIpc) is 2.99. The normalized spacial score (nSPS) is 10.7. The van der Waals surface area contributed by atoms with Gasteiger partial charge in [0.25, 0.3) is 0 Å². The summed E-state index contributed by atoms with van der Waals surface area (Å²) >= 11 is 0. The van der Waals surface area contributed by atoms with Gasteiger partial charge >= 0.3 is 0 Å². The summed E-state index contributed by atoms with van der Waals surface area (Å²) in [4.78, 5) is 25.9. The average molecular weight is 321 g/mol. The van der Waals surface area contributed by atoms with Crippen LogP contribution in [0.2, 0.25) is 0 Å². The minimum atomic E-state index is -1.23. The molecule has 1 heterocycles. The topological polar surface area (TPSA) is 85.0 Å². The number of hydrogen-bond acceptors (Lipinski definition) is 3. The zero-order valence-corrected chi connectivity index (χ0v) is 13.0. The zero-order chi connectivity index (χ0) is 16.9. The van der Waals surface area contributed by atoms with E-state index in [-0.39, 0.29) is 11.5 Å². The number of aromatic amines is 1. The Bertz CT molecular complexity index is 866. The summed E-state index contributed by atoms with van der Waals surface area (Å²) < 4.78 is 0. The molecule has 5 nitrogen and oxygen atoms in total. The molecule has 0 radical (unpaired) electrons. The van der Waals surface area contributed by atoms with Gasteiger partial charge in [-0.25, -0.2) is 0 Å². The van der Waals surface area contributed by atoms with E-state index in [9.17, 15) is 14.7 Å². The first kappa shape index (κ1) is 15.8. The smallest absolute Gasteiger partial charge is 0.224 e. The summed E-state index contributed by atoms with van der Waals surface area (Å²) in [6.07, 6.45) is 3.95. The van der Waals surface area contributed by atoms with E-state index in [2.05, 4.69) is 16.4 Å². The molecule has 5 heteroatoms. The third-order valence-corrected chi connectivity index (χ3v) is 3.93. The lowest BCUT2D eigenvalue weighted by Crippen LogP contribution is -2.22. The van der Waals surface area contributed by atoms with E-state index in [0.29, 0.717) is 12.1 Å². The number of H-pyrrole nitrogens is 1. The lowest BCUT2D eigenvalue weighted by molar-refractivity contribution is -0.255. The molecule has 0 fully saturated rings. The highest BCUT2D eigenvalue weighted by Crippen LogP contribution is 2.19. The molecule has 0 atom stereocenters. The van der Waals surface area contributed by atoms with Crippen molar-refractivity contribution in [2.75, 3.05) is 5.32 Å². The van der Waals surface area contributed by atoms with Crippen LogP contribution in [0, 0.1) is 0 Å². The van der Waals surface area contributed by atoms with Gasteiger partial charge in [-0.3, -0.25) is 4.79 Å². The largest absolute Gasteiger partial charge is 0.545 e. The Morgan fingerprint density at radius 3 is 2.54 bits per heavy atom. The van der Waals surface area contributed by atoms with Gasteiger partial charge in [0.05, 0.1) is 5.97 Å². The third kappa shape index (κ3) is 3.63. The van der Waals surface area contributed by atoms with Crippen LogP contribution in [0.4, 0.5) is 5.69 Å². The van der Waals surface area contributed by atoms with Crippen molar-refractivity contribution in [2.24, 2.45) is 0 Å². The van der Waals surface area contributed by atoms with Gasteiger partial charge in [0.15, 0.2) is 0 Å². The maximum Gasteiger partial charge on any atom is 0.224 e. The Hall–Kier alpha value is -3.08. The Morgan fingerprint density at radius 1 is 1.04 bits per heavy atom. The fraction of sp³-hybridized carbons (Fsp3) is 0.158. The number of para-hydroxylation sites is 1. The first-order valence-corrected chi connectivity index (χ1v) is 7.80. The molecular weight excluding hydrogens is 304 g/mol. The van der Waals surface area contributed by atoms with Gasteiger partial charge < -0.3 is 20.2 Å². The number of nitrogens with one attached hydrogen (secondary N) is 2. The van der Waals surface area contributed by atoms with E-state index >= 15 is 0 Å². The number of rotatable bonds is 6. The van der Waals surface area contributed by atoms with Crippen molar-refractivity contribution in [1.82, 2.24) is 4.98 Å². The van der Waals surface area contributed by atoms with E-state index < -0.39 is 5.97 Å². The molecule has 0 aliphatic rings. The molecule has 24 heavy (non-hydrogen) atoms. The van der Waals surface area contributed by atoms with Crippen molar-refractivity contribution in [3.63, 3.8) is 0 Å². The van der Waals surface area contributed by atoms with Gasteiger partial charge in [-0.15, -0.1) is 0 Å².